The summed E-state index contributed by atoms with van der Waals surface area (Å²) in [4.78, 5) is 0. The number of hydrogen-bond donors (Lipinski definition) is 1. The number of aryl methyl sites for hydroxylation is 1. The first-order valence-electron chi connectivity index (χ1n) is 5.71. The number of benzene rings is 1. The Bertz CT molecular complexity index is 348. The minimum absolute atomic E-state index is 0.0256. The van der Waals surface area contributed by atoms with Crippen molar-refractivity contribution in [1.29, 1.82) is 0 Å². The first kappa shape index (κ1) is 13.2. The van der Waals surface area contributed by atoms with E-state index in [0.717, 1.165) is 0 Å². The van der Waals surface area contributed by atoms with Crippen LogP contribution in [0.15, 0.2) is 18.2 Å². The minimum Gasteiger partial charge on any atom is -0.362 e. The van der Waals surface area contributed by atoms with E-state index in [0.29, 0.717) is 0 Å². The van der Waals surface area contributed by atoms with Crippen LogP contribution in [-0.4, -0.2) is 14.2 Å². The molecule has 1 aromatic rings. The van der Waals surface area contributed by atoms with Crippen molar-refractivity contribution in [2.45, 2.75) is 39.3 Å². The summed E-state index contributed by atoms with van der Waals surface area (Å²) in [5.74, 6) is 0. The maximum atomic E-state index is 5.42. The van der Waals surface area contributed by atoms with E-state index >= 15 is 0 Å². The zero-order valence-corrected chi connectivity index (χ0v) is 11.2. The van der Waals surface area contributed by atoms with Crippen LogP contribution in [-0.2, 0) is 10.2 Å². The van der Waals surface area contributed by atoms with Crippen molar-refractivity contribution >= 4 is 0 Å². The molecule has 90 valence electrons. The lowest BCUT2D eigenvalue weighted by atomic mass is 9.85. The monoisotopic (exact) mass is 221 g/mol. The van der Waals surface area contributed by atoms with Gasteiger partial charge in [0, 0.05) is 7.11 Å². The fraction of sp³-hybridized carbons (Fsp3) is 0.571. The highest BCUT2D eigenvalue weighted by Crippen LogP contribution is 2.27. The van der Waals surface area contributed by atoms with Crippen LogP contribution in [0, 0.1) is 6.92 Å². The van der Waals surface area contributed by atoms with Crippen LogP contribution in [0.1, 0.15) is 43.7 Å². The van der Waals surface area contributed by atoms with Crippen molar-refractivity contribution in [3.8, 4) is 0 Å². The second-order valence-electron chi connectivity index (χ2n) is 5.23. The zero-order chi connectivity index (χ0) is 12.3. The van der Waals surface area contributed by atoms with Gasteiger partial charge < -0.3 is 4.74 Å². The molecule has 16 heavy (non-hydrogen) atoms. The Hall–Kier alpha value is -0.860. The molecule has 0 saturated carbocycles. The van der Waals surface area contributed by atoms with Gasteiger partial charge in [0.05, 0.1) is 0 Å². The van der Waals surface area contributed by atoms with Crippen LogP contribution in [0.4, 0.5) is 0 Å². The predicted molar refractivity (Wildman–Crippen MR) is 68.7 cm³/mol. The quantitative estimate of drug-likeness (QED) is 0.792. The first-order valence-corrected chi connectivity index (χ1v) is 5.71. The smallest absolute Gasteiger partial charge is 0.133 e. The Balaban J connectivity index is 3.18. The average molecular weight is 221 g/mol. The summed E-state index contributed by atoms with van der Waals surface area (Å²) in [7, 11) is 3.64. The molecule has 1 N–H and O–H groups in total. The normalized spacial score (nSPS) is 13.9. The van der Waals surface area contributed by atoms with Gasteiger partial charge in [0.2, 0.25) is 0 Å². The Kier molecular flexibility index (Phi) is 4.11. The molecule has 0 fully saturated rings. The summed E-state index contributed by atoms with van der Waals surface area (Å²) in [5, 5.41) is 3.17. The molecule has 2 heteroatoms. The van der Waals surface area contributed by atoms with E-state index < -0.39 is 0 Å². The van der Waals surface area contributed by atoms with Gasteiger partial charge in [-0.05, 0) is 36.1 Å². The van der Waals surface area contributed by atoms with Crippen molar-refractivity contribution in [2.75, 3.05) is 14.2 Å². The highest BCUT2D eigenvalue weighted by Gasteiger charge is 2.17. The third-order valence-electron chi connectivity index (χ3n) is 2.93. The van der Waals surface area contributed by atoms with Gasteiger partial charge in [-0.1, -0.05) is 39.0 Å². The zero-order valence-electron chi connectivity index (χ0n) is 11.2. The number of hydrogen-bond acceptors (Lipinski definition) is 2. The van der Waals surface area contributed by atoms with Crippen LogP contribution in [0.2, 0.25) is 0 Å². The maximum absolute atomic E-state index is 5.42. The van der Waals surface area contributed by atoms with E-state index in [4.69, 9.17) is 4.74 Å². The number of nitrogens with one attached hydrogen (secondary N) is 1. The summed E-state index contributed by atoms with van der Waals surface area (Å²) in [6.07, 6.45) is -0.0256. The van der Waals surface area contributed by atoms with E-state index in [1.54, 1.807) is 7.11 Å². The molecule has 0 heterocycles. The molecule has 0 spiro atoms. The molecule has 0 bridgehead atoms. The van der Waals surface area contributed by atoms with Crippen molar-refractivity contribution in [2.24, 2.45) is 0 Å². The summed E-state index contributed by atoms with van der Waals surface area (Å²) in [6, 6.07) is 6.60. The van der Waals surface area contributed by atoms with E-state index in [9.17, 15) is 0 Å². The lowest BCUT2D eigenvalue weighted by Crippen LogP contribution is -2.20. The fourth-order valence-corrected chi connectivity index (χ4v) is 1.79. The van der Waals surface area contributed by atoms with E-state index in [1.807, 2.05) is 7.05 Å². The first-order chi connectivity index (χ1) is 7.40. The Morgan fingerprint density at radius 2 is 1.88 bits per heavy atom. The number of rotatable bonds is 3. The predicted octanol–water partition coefficient (Wildman–Crippen LogP) is 3.16. The number of methoxy groups -OCH3 is 1. The van der Waals surface area contributed by atoms with Crippen LogP contribution < -0.4 is 5.32 Å². The second-order valence-corrected chi connectivity index (χ2v) is 5.23. The van der Waals surface area contributed by atoms with Gasteiger partial charge in [0.15, 0.2) is 0 Å². The third-order valence-corrected chi connectivity index (χ3v) is 2.93. The van der Waals surface area contributed by atoms with Crippen molar-refractivity contribution in [1.82, 2.24) is 5.32 Å². The highest BCUT2D eigenvalue weighted by molar-refractivity contribution is 5.35. The van der Waals surface area contributed by atoms with Crippen LogP contribution >= 0.6 is 0 Å². The second kappa shape index (κ2) is 4.98. The van der Waals surface area contributed by atoms with Gasteiger partial charge in [0.1, 0.15) is 6.23 Å². The minimum atomic E-state index is -0.0256. The SMILES string of the molecule is CNC(OC)c1cc(C(C)(C)C)ccc1C. The van der Waals surface area contributed by atoms with Gasteiger partial charge in [0.25, 0.3) is 0 Å². The summed E-state index contributed by atoms with van der Waals surface area (Å²) < 4.78 is 5.42. The van der Waals surface area contributed by atoms with Gasteiger partial charge in [-0.2, -0.15) is 0 Å². The molecule has 1 unspecified atom stereocenters. The van der Waals surface area contributed by atoms with Crippen molar-refractivity contribution in [3.05, 3.63) is 34.9 Å². The molecule has 0 aliphatic heterocycles. The standard InChI is InChI=1S/C14H23NO/c1-10-7-8-11(14(2,3)4)9-12(10)13(15-5)16-6/h7-9,13,15H,1-6H3. The molecule has 0 aromatic heterocycles. The molecule has 1 atom stereocenters. The molecule has 0 radical (unpaired) electrons. The summed E-state index contributed by atoms with van der Waals surface area (Å²) in [5.41, 5.74) is 3.99. The molecule has 0 saturated heterocycles. The van der Waals surface area contributed by atoms with E-state index in [-0.39, 0.29) is 11.6 Å². The summed E-state index contributed by atoms with van der Waals surface area (Å²) in [6.45, 7) is 8.79. The van der Waals surface area contributed by atoms with Crippen molar-refractivity contribution in [3.63, 3.8) is 0 Å². The Labute approximate surface area is 99.0 Å². The molecule has 1 aromatic carbocycles. The van der Waals surface area contributed by atoms with Crippen molar-refractivity contribution < 1.29 is 4.74 Å². The largest absolute Gasteiger partial charge is 0.362 e. The molecule has 0 amide bonds. The average Bonchev–Trinajstić information content (AvgIpc) is 2.20. The van der Waals surface area contributed by atoms with Gasteiger partial charge >= 0.3 is 0 Å². The van der Waals surface area contributed by atoms with Crippen LogP contribution in [0.5, 0.6) is 0 Å². The van der Waals surface area contributed by atoms with Crippen LogP contribution in [0.3, 0.4) is 0 Å². The third kappa shape index (κ3) is 2.83. The molecule has 1 rings (SSSR count). The van der Waals surface area contributed by atoms with Gasteiger partial charge in [-0.15, -0.1) is 0 Å². The number of ether oxygens (including phenoxy) is 1. The molecule has 0 aliphatic rings. The van der Waals surface area contributed by atoms with E-state index in [1.165, 1.54) is 16.7 Å². The molecular formula is C14H23NO. The Morgan fingerprint density at radius 3 is 2.31 bits per heavy atom. The topological polar surface area (TPSA) is 21.3 Å². The molecular weight excluding hydrogens is 198 g/mol. The molecule has 2 nitrogen and oxygen atoms in total. The highest BCUT2D eigenvalue weighted by atomic mass is 16.5. The lowest BCUT2D eigenvalue weighted by molar-refractivity contribution is 0.0803. The van der Waals surface area contributed by atoms with Gasteiger partial charge in [-0.3, -0.25) is 5.32 Å². The fourth-order valence-electron chi connectivity index (χ4n) is 1.79. The summed E-state index contributed by atoms with van der Waals surface area (Å²) >= 11 is 0. The molecule has 0 aliphatic carbocycles. The maximum Gasteiger partial charge on any atom is 0.133 e. The lowest BCUT2D eigenvalue weighted by Gasteiger charge is -2.23. The van der Waals surface area contributed by atoms with E-state index in [2.05, 4.69) is 51.2 Å². The Morgan fingerprint density at radius 1 is 1.25 bits per heavy atom. The van der Waals surface area contributed by atoms with Gasteiger partial charge in [-0.25, -0.2) is 0 Å². The van der Waals surface area contributed by atoms with Crippen LogP contribution in [0.25, 0.3) is 0 Å².